The van der Waals surface area contributed by atoms with Gasteiger partial charge in [-0.2, -0.15) is 0 Å². The van der Waals surface area contributed by atoms with Crippen LogP contribution in [0.5, 0.6) is 11.5 Å². The van der Waals surface area contributed by atoms with E-state index in [2.05, 4.69) is 0 Å². The lowest BCUT2D eigenvalue weighted by Crippen LogP contribution is -2.52. The van der Waals surface area contributed by atoms with E-state index in [1.165, 1.54) is 12.0 Å². The van der Waals surface area contributed by atoms with Crippen LogP contribution in [0, 0.1) is 0 Å². The molecule has 0 aliphatic carbocycles. The Bertz CT molecular complexity index is 559. The van der Waals surface area contributed by atoms with Crippen molar-refractivity contribution in [3.63, 3.8) is 0 Å². The molecule has 0 radical (unpaired) electrons. The normalized spacial score (nSPS) is 17.9. The molecular formula is C15H19NO6. The van der Waals surface area contributed by atoms with Crippen molar-refractivity contribution in [3.05, 3.63) is 23.8 Å². The molecule has 0 saturated carbocycles. The van der Waals surface area contributed by atoms with E-state index in [1.807, 2.05) is 6.92 Å². The number of rotatable bonds is 5. The van der Waals surface area contributed by atoms with E-state index < -0.39 is 12.0 Å². The van der Waals surface area contributed by atoms with Crippen LogP contribution in [-0.4, -0.2) is 61.4 Å². The predicted octanol–water partition coefficient (Wildman–Crippen LogP) is 1.02. The average molecular weight is 309 g/mol. The maximum Gasteiger partial charge on any atom is 0.328 e. The lowest BCUT2D eigenvalue weighted by molar-refractivity contribution is -0.147. The van der Waals surface area contributed by atoms with Gasteiger partial charge in [0, 0.05) is 12.1 Å². The number of carbonyl (C=O) groups is 2. The first-order valence-corrected chi connectivity index (χ1v) is 7.00. The van der Waals surface area contributed by atoms with Gasteiger partial charge >= 0.3 is 5.97 Å². The predicted molar refractivity (Wildman–Crippen MR) is 77.4 cm³/mol. The number of aliphatic carboxylic acids is 1. The molecule has 1 saturated heterocycles. The van der Waals surface area contributed by atoms with Crippen LogP contribution in [0.4, 0.5) is 0 Å². The summed E-state index contributed by atoms with van der Waals surface area (Å²) < 4.78 is 15.8. The molecule has 1 aliphatic heterocycles. The number of hydrogen-bond acceptors (Lipinski definition) is 5. The van der Waals surface area contributed by atoms with Crippen LogP contribution < -0.4 is 9.47 Å². The molecule has 1 aliphatic rings. The van der Waals surface area contributed by atoms with E-state index in [1.54, 1.807) is 18.2 Å². The van der Waals surface area contributed by atoms with Crippen LogP contribution >= 0.6 is 0 Å². The van der Waals surface area contributed by atoms with Crippen molar-refractivity contribution < 1.29 is 28.9 Å². The first-order chi connectivity index (χ1) is 10.6. The fourth-order valence-corrected chi connectivity index (χ4v) is 2.29. The monoisotopic (exact) mass is 309 g/mol. The van der Waals surface area contributed by atoms with Crippen LogP contribution in [0.2, 0.25) is 0 Å². The summed E-state index contributed by atoms with van der Waals surface area (Å²) in [5, 5.41) is 9.20. The number of carbonyl (C=O) groups excluding carboxylic acids is 1. The van der Waals surface area contributed by atoms with Crippen molar-refractivity contribution in [2.45, 2.75) is 13.0 Å². The molecule has 1 N–H and O–H groups in total. The second-order valence-electron chi connectivity index (χ2n) is 4.73. The highest BCUT2D eigenvalue weighted by molar-refractivity contribution is 5.97. The molecule has 1 aromatic carbocycles. The smallest absolute Gasteiger partial charge is 0.328 e. The summed E-state index contributed by atoms with van der Waals surface area (Å²) in [4.78, 5) is 25.1. The van der Waals surface area contributed by atoms with Crippen LogP contribution in [0.3, 0.4) is 0 Å². The lowest BCUT2D eigenvalue weighted by Gasteiger charge is -2.33. The van der Waals surface area contributed by atoms with Gasteiger partial charge in [0.25, 0.3) is 5.91 Å². The number of carboxylic acid groups (broad SMARTS) is 1. The molecule has 7 nitrogen and oxygen atoms in total. The minimum absolute atomic E-state index is 0.00472. The molecule has 1 unspecified atom stereocenters. The largest absolute Gasteiger partial charge is 0.493 e. The molecule has 0 bridgehead atoms. The maximum atomic E-state index is 12.6. The zero-order valence-corrected chi connectivity index (χ0v) is 12.6. The van der Waals surface area contributed by atoms with E-state index >= 15 is 0 Å². The highest BCUT2D eigenvalue weighted by Crippen LogP contribution is 2.29. The fraction of sp³-hybridized carbons (Fsp3) is 0.467. The van der Waals surface area contributed by atoms with Gasteiger partial charge in [0.1, 0.15) is 0 Å². The molecule has 1 amide bonds. The Morgan fingerprint density at radius 1 is 1.41 bits per heavy atom. The number of benzene rings is 1. The zero-order chi connectivity index (χ0) is 16.1. The Labute approximate surface area is 128 Å². The van der Waals surface area contributed by atoms with Crippen LogP contribution in [-0.2, 0) is 9.53 Å². The summed E-state index contributed by atoms with van der Waals surface area (Å²) in [6.45, 7) is 2.89. The van der Waals surface area contributed by atoms with Gasteiger partial charge in [-0.05, 0) is 25.1 Å². The van der Waals surface area contributed by atoms with Crippen molar-refractivity contribution in [2.24, 2.45) is 0 Å². The summed E-state index contributed by atoms with van der Waals surface area (Å²) in [5.74, 6) is -0.464. The summed E-state index contributed by atoms with van der Waals surface area (Å²) in [6.07, 6.45) is 0. The van der Waals surface area contributed by atoms with Crippen molar-refractivity contribution in [3.8, 4) is 11.5 Å². The number of methoxy groups -OCH3 is 1. The number of morpholine rings is 1. The number of ether oxygens (including phenoxy) is 3. The highest BCUT2D eigenvalue weighted by Gasteiger charge is 2.33. The van der Waals surface area contributed by atoms with Gasteiger partial charge in [-0.1, -0.05) is 0 Å². The molecule has 7 heteroatoms. The number of nitrogens with zero attached hydrogens (tertiary/aromatic N) is 1. The van der Waals surface area contributed by atoms with Crippen LogP contribution in [0.15, 0.2) is 18.2 Å². The number of hydrogen-bond donors (Lipinski definition) is 1. The van der Waals surface area contributed by atoms with Crippen LogP contribution in [0.25, 0.3) is 0 Å². The minimum Gasteiger partial charge on any atom is -0.493 e. The molecule has 0 aromatic heterocycles. The maximum absolute atomic E-state index is 12.6. The Kier molecular flexibility index (Phi) is 5.21. The van der Waals surface area contributed by atoms with Gasteiger partial charge in [-0.3, -0.25) is 4.79 Å². The average Bonchev–Trinajstić information content (AvgIpc) is 2.54. The first-order valence-electron chi connectivity index (χ1n) is 7.00. The first kappa shape index (κ1) is 16.1. The lowest BCUT2D eigenvalue weighted by atomic mass is 10.1. The van der Waals surface area contributed by atoms with Gasteiger partial charge in [0.05, 0.1) is 26.9 Å². The highest BCUT2D eigenvalue weighted by atomic mass is 16.5. The van der Waals surface area contributed by atoms with Crippen molar-refractivity contribution in [1.82, 2.24) is 4.90 Å². The molecular weight excluding hydrogens is 290 g/mol. The Morgan fingerprint density at radius 3 is 2.82 bits per heavy atom. The molecule has 120 valence electrons. The topological polar surface area (TPSA) is 85.3 Å². The van der Waals surface area contributed by atoms with E-state index in [4.69, 9.17) is 14.2 Å². The van der Waals surface area contributed by atoms with E-state index in [0.29, 0.717) is 30.3 Å². The Morgan fingerprint density at radius 2 is 2.18 bits per heavy atom. The number of carboxylic acids is 1. The van der Waals surface area contributed by atoms with Gasteiger partial charge in [0.15, 0.2) is 17.5 Å². The quantitative estimate of drug-likeness (QED) is 0.874. The van der Waals surface area contributed by atoms with Crippen LogP contribution in [0.1, 0.15) is 17.3 Å². The molecule has 0 spiro atoms. The summed E-state index contributed by atoms with van der Waals surface area (Å²) in [7, 11) is 1.49. The van der Waals surface area contributed by atoms with Gasteiger partial charge in [0.2, 0.25) is 0 Å². The zero-order valence-electron chi connectivity index (χ0n) is 12.6. The molecule has 1 aromatic rings. The number of amides is 1. The Hall–Kier alpha value is -2.28. The molecule has 1 fully saturated rings. The van der Waals surface area contributed by atoms with Gasteiger partial charge in [-0.25, -0.2) is 4.79 Å². The van der Waals surface area contributed by atoms with E-state index in [0.717, 1.165) is 0 Å². The SMILES string of the molecule is CCOc1ccc(C(=O)N2CCOCC2C(=O)O)cc1OC. The Balaban J connectivity index is 2.26. The fourth-order valence-electron chi connectivity index (χ4n) is 2.29. The van der Waals surface area contributed by atoms with E-state index in [9.17, 15) is 14.7 Å². The minimum atomic E-state index is -1.08. The summed E-state index contributed by atoms with van der Waals surface area (Å²) >= 11 is 0. The molecule has 1 heterocycles. The molecule has 2 rings (SSSR count). The van der Waals surface area contributed by atoms with Crippen molar-refractivity contribution >= 4 is 11.9 Å². The molecule has 1 atom stereocenters. The third kappa shape index (κ3) is 3.30. The summed E-state index contributed by atoms with van der Waals surface area (Å²) in [6, 6.07) is 3.83. The summed E-state index contributed by atoms with van der Waals surface area (Å²) in [5.41, 5.74) is 0.355. The van der Waals surface area contributed by atoms with Crippen molar-refractivity contribution in [1.29, 1.82) is 0 Å². The van der Waals surface area contributed by atoms with E-state index in [-0.39, 0.29) is 19.1 Å². The third-order valence-electron chi connectivity index (χ3n) is 3.38. The second kappa shape index (κ2) is 7.13. The van der Waals surface area contributed by atoms with Crippen molar-refractivity contribution in [2.75, 3.05) is 33.5 Å². The third-order valence-corrected chi connectivity index (χ3v) is 3.38. The second-order valence-corrected chi connectivity index (χ2v) is 4.73. The standard InChI is InChI=1S/C15H19NO6/c1-3-22-12-5-4-10(8-13(12)20-2)14(17)16-6-7-21-9-11(16)15(18)19/h4-5,8,11H,3,6-7,9H2,1-2H3,(H,18,19). The van der Waals surface area contributed by atoms with Gasteiger partial charge < -0.3 is 24.2 Å². The van der Waals surface area contributed by atoms with Gasteiger partial charge in [-0.15, -0.1) is 0 Å². The molecule has 22 heavy (non-hydrogen) atoms.